The molecule has 0 bridgehead atoms. The van der Waals surface area contributed by atoms with Gasteiger partial charge in [0.2, 0.25) is 0 Å². The van der Waals surface area contributed by atoms with Crippen LogP contribution in [0.15, 0.2) is 103 Å². The number of para-hydroxylation sites is 1. The number of aliphatic hydroxyl groups excluding tert-OH is 1. The Balaban J connectivity index is 0.000000415. The standard InChI is InChI=1S/C31H27BNSi2.C5H8O2.Ir/c1-34(2)27-15-9-6-12-23(27)32-24-13-7-10-16-28(24)35(3,4)30-20-22(19-29(34)31(30)32)26-18-17-21-11-5-8-14-25(21)33-26;1-4(6)3-5(2)7;/h5-19H,1-4H3;3,6H,1-2H3;/q-1;;/b;4-3-;. The molecule has 2 aliphatic heterocycles. The minimum atomic E-state index is -1.95. The van der Waals surface area contributed by atoms with Crippen LogP contribution in [0.5, 0.6) is 0 Å². The Kier molecular flexibility index (Phi) is 8.40. The Morgan fingerprint density at radius 2 is 1.37 bits per heavy atom. The summed E-state index contributed by atoms with van der Waals surface area (Å²) in [6.07, 6.45) is 1.17. The number of nitrogens with zero attached hydrogens (tertiary/aromatic N) is 1. The van der Waals surface area contributed by atoms with Crippen LogP contribution in [-0.4, -0.2) is 38.7 Å². The van der Waals surface area contributed by atoms with Crippen LogP contribution in [0.4, 0.5) is 0 Å². The van der Waals surface area contributed by atoms with Gasteiger partial charge in [0.05, 0.1) is 27.4 Å². The van der Waals surface area contributed by atoms with E-state index in [2.05, 4.69) is 123 Å². The van der Waals surface area contributed by atoms with E-state index in [0.717, 1.165) is 16.8 Å². The van der Waals surface area contributed by atoms with Gasteiger partial charge in [-0.15, -0.1) is 33.5 Å². The molecule has 5 aromatic rings. The summed E-state index contributed by atoms with van der Waals surface area (Å²) in [4.78, 5) is 15.1. The average Bonchev–Trinajstić information content (AvgIpc) is 2.96. The molecule has 0 saturated carbocycles. The van der Waals surface area contributed by atoms with E-state index in [4.69, 9.17) is 10.1 Å². The van der Waals surface area contributed by atoms with Crippen molar-refractivity contribution in [2.75, 3.05) is 0 Å². The second-order valence-electron chi connectivity index (χ2n) is 12.5. The fourth-order valence-electron chi connectivity index (χ4n) is 6.95. The first kappa shape index (κ1) is 31.1. The van der Waals surface area contributed by atoms with Crippen LogP contribution in [0.1, 0.15) is 13.8 Å². The van der Waals surface area contributed by atoms with Gasteiger partial charge < -0.3 is 5.11 Å². The van der Waals surface area contributed by atoms with Gasteiger partial charge in [0.15, 0.2) is 12.5 Å². The number of ketones is 1. The fraction of sp³-hybridized carbons (Fsp3) is 0.167. The van der Waals surface area contributed by atoms with E-state index < -0.39 is 16.1 Å². The molecule has 2 aliphatic rings. The summed E-state index contributed by atoms with van der Waals surface area (Å²) >= 11 is 0. The maximum atomic E-state index is 10.0. The van der Waals surface area contributed by atoms with Gasteiger partial charge in [-0.05, 0) is 31.0 Å². The van der Waals surface area contributed by atoms with Gasteiger partial charge in [-0.2, -0.15) is 0 Å². The van der Waals surface area contributed by atoms with Gasteiger partial charge in [-0.1, -0.05) is 126 Å². The van der Waals surface area contributed by atoms with Crippen LogP contribution >= 0.6 is 0 Å². The van der Waals surface area contributed by atoms with Gasteiger partial charge in [0.25, 0.3) is 0 Å². The smallest absolute Gasteiger partial charge is 0.190 e. The number of aromatic nitrogens is 1. The zero-order valence-electron chi connectivity index (χ0n) is 25.5. The molecule has 1 aromatic heterocycles. The van der Waals surface area contributed by atoms with Crippen LogP contribution < -0.4 is 37.1 Å². The van der Waals surface area contributed by atoms with Crippen molar-refractivity contribution in [2.24, 2.45) is 0 Å². The van der Waals surface area contributed by atoms with Crippen LogP contribution in [0.25, 0.3) is 22.2 Å². The van der Waals surface area contributed by atoms with Crippen molar-refractivity contribution in [3.63, 3.8) is 0 Å². The van der Waals surface area contributed by atoms with E-state index in [0.29, 0.717) is 6.71 Å². The molecule has 0 saturated heterocycles. The molecule has 4 aromatic carbocycles. The molecule has 0 atom stereocenters. The van der Waals surface area contributed by atoms with E-state index in [1.54, 1.807) is 21.0 Å². The van der Waals surface area contributed by atoms with Gasteiger partial charge in [0.1, 0.15) is 0 Å². The summed E-state index contributed by atoms with van der Waals surface area (Å²) in [5.74, 6) is -0.0625. The predicted molar refractivity (Wildman–Crippen MR) is 184 cm³/mol. The summed E-state index contributed by atoms with van der Waals surface area (Å²) in [7, 11) is -3.86. The largest absolute Gasteiger partial charge is 0.512 e. The third-order valence-electron chi connectivity index (χ3n) is 8.87. The molecule has 7 heteroatoms. The van der Waals surface area contributed by atoms with Crippen molar-refractivity contribution in [3.05, 3.63) is 109 Å². The third-order valence-corrected chi connectivity index (χ3v) is 15.9. The molecular weight excluding hydrogens is 738 g/mol. The minimum absolute atomic E-state index is 0. The Morgan fingerprint density at radius 3 is 1.98 bits per heavy atom. The van der Waals surface area contributed by atoms with Crippen molar-refractivity contribution in [1.29, 1.82) is 0 Å². The van der Waals surface area contributed by atoms with Crippen molar-refractivity contribution in [1.82, 2.24) is 4.98 Å². The molecule has 0 fully saturated rings. The van der Waals surface area contributed by atoms with Crippen LogP contribution in [0, 0.1) is 6.07 Å². The molecule has 0 unspecified atom stereocenters. The first-order valence-electron chi connectivity index (χ1n) is 14.5. The Hall–Kier alpha value is -3.35. The molecule has 3 heterocycles. The Bertz CT molecular complexity index is 1830. The summed E-state index contributed by atoms with van der Waals surface area (Å²) in [5, 5.41) is 15.7. The van der Waals surface area contributed by atoms with E-state index in [1.165, 1.54) is 41.4 Å². The summed E-state index contributed by atoms with van der Waals surface area (Å²) < 4.78 is 0. The summed E-state index contributed by atoms with van der Waals surface area (Å²) in [6.45, 7) is 13.3. The number of hydrogen-bond acceptors (Lipinski definition) is 3. The number of carbonyl (C=O) groups is 1. The quantitative estimate of drug-likeness (QED) is 0.130. The summed E-state index contributed by atoms with van der Waals surface area (Å²) in [5.41, 5.74) is 7.83. The number of pyridine rings is 1. The number of rotatable bonds is 2. The first-order chi connectivity index (χ1) is 20.0. The van der Waals surface area contributed by atoms with Crippen molar-refractivity contribution < 1.29 is 30.0 Å². The summed E-state index contributed by atoms with van der Waals surface area (Å²) in [6, 6.07) is 37.7. The molecule has 1 N–H and O–H groups in total. The number of hydrogen-bond donors (Lipinski definition) is 1. The van der Waals surface area contributed by atoms with Gasteiger partial charge in [-0.25, -0.2) is 0 Å². The monoisotopic (exact) mass is 773 g/mol. The van der Waals surface area contributed by atoms with Gasteiger partial charge in [0, 0.05) is 26.2 Å². The van der Waals surface area contributed by atoms with E-state index >= 15 is 0 Å². The molecule has 217 valence electrons. The number of aliphatic hydroxyl groups is 1. The van der Waals surface area contributed by atoms with Crippen molar-refractivity contribution in [3.8, 4) is 11.3 Å². The van der Waals surface area contributed by atoms with Crippen LogP contribution in [0.2, 0.25) is 26.2 Å². The maximum absolute atomic E-state index is 10.0. The second kappa shape index (κ2) is 11.6. The third kappa shape index (κ3) is 5.33. The number of allylic oxidation sites excluding steroid dienone is 2. The van der Waals surface area contributed by atoms with E-state index in [9.17, 15) is 4.79 Å². The average molecular weight is 773 g/mol. The van der Waals surface area contributed by atoms with Crippen LogP contribution in [-0.2, 0) is 24.9 Å². The van der Waals surface area contributed by atoms with Crippen molar-refractivity contribution >= 4 is 76.7 Å². The molecule has 0 amide bonds. The van der Waals surface area contributed by atoms with Crippen molar-refractivity contribution in [2.45, 2.75) is 40.0 Å². The van der Waals surface area contributed by atoms with E-state index in [-0.39, 0.29) is 31.6 Å². The fourth-order valence-corrected chi connectivity index (χ4v) is 13.4. The number of benzene rings is 4. The van der Waals surface area contributed by atoms with Gasteiger partial charge >= 0.3 is 0 Å². The second-order valence-corrected chi connectivity index (χ2v) is 21.1. The SMILES string of the molecule is CC(=O)/C=C(/C)O.C[Si]1(C)c2[c-]c(-c3ccc4ccccc4n3)cc3c2B(c2ccccc21)c1ccccc1[Si]3(C)C.[Ir]. The Morgan fingerprint density at radius 1 is 0.791 bits per heavy atom. The Labute approximate surface area is 270 Å². The molecule has 7 rings (SSSR count). The maximum Gasteiger partial charge on any atom is 0.190 e. The molecule has 43 heavy (non-hydrogen) atoms. The molecule has 0 aliphatic carbocycles. The normalized spacial score (nSPS) is 15.2. The number of carbonyl (C=O) groups excluding carboxylic acids is 1. The van der Waals surface area contributed by atoms with E-state index in [1.807, 2.05) is 0 Å². The molecule has 0 spiro atoms. The molecule has 1 radical (unpaired) electrons. The van der Waals surface area contributed by atoms with Crippen LogP contribution in [0.3, 0.4) is 0 Å². The zero-order valence-corrected chi connectivity index (χ0v) is 29.8. The molecular formula is C36H35BIrNO2Si2-. The zero-order chi connectivity index (χ0) is 29.8. The number of fused-ring (bicyclic) bond motifs is 5. The minimum Gasteiger partial charge on any atom is -0.512 e. The van der Waals surface area contributed by atoms with Gasteiger partial charge in [-0.3, -0.25) is 9.78 Å². The first-order valence-corrected chi connectivity index (χ1v) is 20.5. The predicted octanol–water partition coefficient (Wildman–Crippen LogP) is 3.52. The topological polar surface area (TPSA) is 50.2 Å². The molecule has 3 nitrogen and oxygen atoms in total.